The van der Waals surface area contributed by atoms with E-state index >= 15 is 0 Å². The monoisotopic (exact) mass is 663 g/mol. The minimum absolute atomic E-state index is 0.171. The van der Waals surface area contributed by atoms with Crippen LogP contribution in [0.25, 0.3) is 0 Å². The number of carbonyl (C=O) groups excluding carboxylic acids is 2. The molecular formula is C30H32BrCl2N3O5. The fourth-order valence-corrected chi connectivity index (χ4v) is 5.21. The first-order valence-corrected chi connectivity index (χ1v) is 14.5. The molecule has 1 aliphatic rings. The third-order valence-electron chi connectivity index (χ3n) is 6.35. The number of fused-ring (bicyclic) bond motifs is 1. The maximum atomic E-state index is 13.7. The summed E-state index contributed by atoms with van der Waals surface area (Å²) in [5.41, 5.74) is 1.77. The number of hydrogen-bond donors (Lipinski definition) is 1. The van der Waals surface area contributed by atoms with Gasteiger partial charge >= 0.3 is 12.1 Å². The van der Waals surface area contributed by atoms with E-state index in [1.807, 2.05) is 51.1 Å². The molecule has 0 aliphatic carbocycles. The average molecular weight is 665 g/mol. The topological polar surface area (TPSA) is 80.3 Å². The molecule has 1 heterocycles. The molecule has 0 saturated heterocycles. The third kappa shape index (κ3) is 7.78. The van der Waals surface area contributed by atoms with Crippen molar-refractivity contribution in [2.75, 3.05) is 25.6 Å². The van der Waals surface area contributed by atoms with Gasteiger partial charge in [-0.15, -0.1) is 0 Å². The van der Waals surface area contributed by atoms with Crippen molar-refractivity contribution in [2.45, 2.75) is 45.4 Å². The zero-order valence-electron chi connectivity index (χ0n) is 23.5. The van der Waals surface area contributed by atoms with Gasteiger partial charge in [0.05, 0.1) is 28.9 Å². The van der Waals surface area contributed by atoms with Crippen molar-refractivity contribution in [3.63, 3.8) is 0 Å². The lowest BCUT2D eigenvalue weighted by molar-refractivity contribution is 0.0500. The molecule has 0 radical (unpaired) electrons. The number of anilines is 1. The van der Waals surface area contributed by atoms with Crippen LogP contribution >= 0.6 is 39.1 Å². The quantitative estimate of drug-likeness (QED) is 0.286. The van der Waals surface area contributed by atoms with Gasteiger partial charge < -0.3 is 24.4 Å². The number of carbonyl (C=O) groups is 2. The smallest absolute Gasteiger partial charge is 0.408 e. The molecule has 0 fully saturated rings. The molecule has 11 heteroatoms. The van der Waals surface area contributed by atoms with Gasteiger partial charge in [-0.2, -0.15) is 0 Å². The Balaban J connectivity index is 1.48. The molecule has 0 bridgehead atoms. The van der Waals surface area contributed by atoms with Crippen molar-refractivity contribution in [1.29, 1.82) is 0 Å². The van der Waals surface area contributed by atoms with Gasteiger partial charge in [-0.25, -0.2) is 9.59 Å². The van der Waals surface area contributed by atoms with Crippen LogP contribution in [0.1, 0.15) is 44.4 Å². The highest BCUT2D eigenvalue weighted by atomic mass is 79.9. The maximum absolute atomic E-state index is 13.7. The van der Waals surface area contributed by atoms with Crippen molar-refractivity contribution in [2.24, 2.45) is 0 Å². The third-order valence-corrected chi connectivity index (χ3v) is 7.83. The molecule has 3 aromatic carbocycles. The van der Waals surface area contributed by atoms with Crippen molar-refractivity contribution < 1.29 is 23.8 Å². The molecule has 218 valence electrons. The number of ether oxygens (including phenoxy) is 3. The van der Waals surface area contributed by atoms with Crippen LogP contribution in [0, 0.1) is 0 Å². The molecule has 1 atom stereocenters. The van der Waals surface area contributed by atoms with E-state index in [1.165, 1.54) is 0 Å². The minimum atomic E-state index is -0.622. The fourth-order valence-electron chi connectivity index (χ4n) is 4.44. The number of benzene rings is 3. The molecule has 1 unspecified atom stereocenters. The van der Waals surface area contributed by atoms with Gasteiger partial charge in [0.1, 0.15) is 22.8 Å². The highest BCUT2D eigenvalue weighted by Crippen LogP contribution is 2.38. The second-order valence-electron chi connectivity index (χ2n) is 10.6. The Hall–Kier alpha value is -3.14. The highest BCUT2D eigenvalue weighted by molar-refractivity contribution is 9.10. The first-order chi connectivity index (χ1) is 19.3. The van der Waals surface area contributed by atoms with Crippen LogP contribution in [-0.2, 0) is 11.3 Å². The summed E-state index contributed by atoms with van der Waals surface area (Å²) in [7, 11) is 3.33. The second-order valence-corrected chi connectivity index (χ2v) is 12.3. The molecule has 41 heavy (non-hydrogen) atoms. The van der Waals surface area contributed by atoms with Crippen LogP contribution in [0.5, 0.6) is 17.2 Å². The van der Waals surface area contributed by atoms with E-state index in [0.717, 1.165) is 15.6 Å². The number of halogens is 3. The molecule has 8 nitrogen and oxygen atoms in total. The van der Waals surface area contributed by atoms with Crippen molar-refractivity contribution in [3.8, 4) is 17.2 Å². The van der Waals surface area contributed by atoms with Crippen molar-refractivity contribution in [3.05, 3.63) is 80.2 Å². The Kier molecular flexibility index (Phi) is 9.62. The first-order valence-electron chi connectivity index (χ1n) is 13.0. The Bertz CT molecular complexity index is 1450. The maximum Gasteiger partial charge on any atom is 0.408 e. The van der Waals surface area contributed by atoms with E-state index in [9.17, 15) is 9.59 Å². The molecule has 0 saturated carbocycles. The normalized spacial score (nSPS) is 14.6. The van der Waals surface area contributed by atoms with Gasteiger partial charge in [0.15, 0.2) is 0 Å². The van der Waals surface area contributed by atoms with Gasteiger partial charge in [-0.1, -0.05) is 45.2 Å². The summed E-state index contributed by atoms with van der Waals surface area (Å²) in [6.45, 7) is 6.22. The number of methoxy groups -OCH3 is 1. The number of alkyl carbamates (subject to hydrolysis) is 1. The molecule has 1 aliphatic heterocycles. The summed E-state index contributed by atoms with van der Waals surface area (Å²) >= 11 is 15.7. The van der Waals surface area contributed by atoms with Gasteiger partial charge in [-0.3, -0.25) is 4.90 Å². The summed E-state index contributed by atoms with van der Waals surface area (Å²) in [6.07, 6.45) is 0.00767. The van der Waals surface area contributed by atoms with E-state index in [1.54, 1.807) is 48.2 Å². The Morgan fingerprint density at radius 3 is 2.37 bits per heavy atom. The number of nitrogens with one attached hydrogen (secondary N) is 1. The lowest BCUT2D eigenvalue weighted by Crippen LogP contribution is -2.46. The number of amides is 3. The molecule has 4 rings (SSSR count). The van der Waals surface area contributed by atoms with E-state index in [2.05, 4.69) is 21.2 Å². The summed E-state index contributed by atoms with van der Waals surface area (Å²) in [5.74, 6) is 1.80. The van der Waals surface area contributed by atoms with Crippen LogP contribution in [0.4, 0.5) is 15.3 Å². The molecular weight excluding hydrogens is 633 g/mol. The summed E-state index contributed by atoms with van der Waals surface area (Å²) in [6, 6.07) is 15.6. The van der Waals surface area contributed by atoms with E-state index in [4.69, 9.17) is 37.4 Å². The Labute approximate surface area is 258 Å². The van der Waals surface area contributed by atoms with E-state index in [-0.39, 0.29) is 12.1 Å². The van der Waals surface area contributed by atoms with Gasteiger partial charge in [0, 0.05) is 36.2 Å². The zero-order valence-corrected chi connectivity index (χ0v) is 26.6. The molecule has 1 N–H and O–H groups in total. The molecule has 0 spiro atoms. The molecule has 0 aromatic heterocycles. The zero-order chi connectivity index (χ0) is 29.9. The average Bonchev–Trinajstić information content (AvgIpc) is 2.90. The number of nitrogens with zero attached hydrogens (tertiary/aromatic N) is 2. The highest BCUT2D eigenvalue weighted by Gasteiger charge is 2.32. The van der Waals surface area contributed by atoms with Gasteiger partial charge in [0.2, 0.25) is 0 Å². The predicted molar refractivity (Wildman–Crippen MR) is 165 cm³/mol. The van der Waals surface area contributed by atoms with Crippen molar-refractivity contribution in [1.82, 2.24) is 10.2 Å². The Morgan fingerprint density at radius 1 is 1.02 bits per heavy atom. The van der Waals surface area contributed by atoms with Crippen molar-refractivity contribution >= 4 is 56.9 Å². The van der Waals surface area contributed by atoms with Crippen LogP contribution in [0.2, 0.25) is 10.0 Å². The Morgan fingerprint density at radius 2 is 1.71 bits per heavy atom. The SMILES string of the molecule is COc1ccc2c(c1)C(NC(=O)OC(C)(C)C)CCN2C(=O)N(C)Cc1ccc(Oc2ccc(Cl)c(Cl)c2)cc1Br. The number of hydrogen-bond acceptors (Lipinski definition) is 5. The standard InChI is InChI=1S/C30H32BrCl2N3O5/c1-30(2,3)41-28(37)34-26-12-13-36(27-11-9-19(39-5)14-22(26)27)29(38)35(4)17-18-6-7-20(15-23(18)31)40-21-8-10-24(32)25(33)16-21/h6-11,14-16,26H,12-13,17H2,1-5H3,(H,34,37). The van der Waals surface area contributed by atoms with Crippen LogP contribution in [0.3, 0.4) is 0 Å². The summed E-state index contributed by atoms with van der Waals surface area (Å²) in [5, 5.41) is 3.81. The summed E-state index contributed by atoms with van der Waals surface area (Å²) < 4.78 is 17.6. The summed E-state index contributed by atoms with van der Waals surface area (Å²) in [4.78, 5) is 29.6. The number of rotatable bonds is 6. The van der Waals surface area contributed by atoms with Gasteiger partial charge in [0.25, 0.3) is 0 Å². The van der Waals surface area contributed by atoms with E-state index < -0.39 is 11.7 Å². The number of urea groups is 1. The second kappa shape index (κ2) is 12.8. The molecule has 3 aromatic rings. The predicted octanol–water partition coefficient (Wildman–Crippen LogP) is 8.58. The van der Waals surface area contributed by atoms with Gasteiger partial charge in [-0.05, 0) is 75.2 Å². The van der Waals surface area contributed by atoms with E-state index in [0.29, 0.717) is 52.5 Å². The first kappa shape index (κ1) is 30.8. The molecule has 3 amide bonds. The largest absolute Gasteiger partial charge is 0.497 e. The fraction of sp³-hybridized carbons (Fsp3) is 0.333. The lowest BCUT2D eigenvalue weighted by Gasteiger charge is -2.37. The lowest BCUT2D eigenvalue weighted by atomic mass is 9.96. The minimum Gasteiger partial charge on any atom is -0.497 e. The van der Waals surface area contributed by atoms with Crippen LogP contribution in [-0.4, -0.2) is 43.3 Å². The van der Waals surface area contributed by atoms with Crippen LogP contribution in [0.15, 0.2) is 59.1 Å². The van der Waals surface area contributed by atoms with Crippen LogP contribution < -0.4 is 19.7 Å².